The van der Waals surface area contributed by atoms with Crippen LogP contribution in [0.25, 0.3) is 0 Å². The lowest BCUT2D eigenvalue weighted by Crippen LogP contribution is -2.45. The van der Waals surface area contributed by atoms with Crippen LogP contribution in [0.4, 0.5) is 0 Å². The Morgan fingerprint density at radius 2 is 2.15 bits per heavy atom. The summed E-state index contributed by atoms with van der Waals surface area (Å²) in [5, 5.41) is 9.51. The molecule has 1 aliphatic heterocycles. The molecule has 7 nitrogen and oxygen atoms in total. The molecule has 1 aromatic rings. The minimum absolute atomic E-state index is 0.00356. The normalized spacial score (nSPS) is 22.6. The lowest BCUT2D eigenvalue weighted by molar-refractivity contribution is -0.125. The molecule has 20 heavy (non-hydrogen) atoms. The Kier molecular flexibility index (Phi) is 3.42. The highest BCUT2D eigenvalue weighted by Crippen LogP contribution is 2.37. The number of nitrogens with zero attached hydrogens (tertiary/aromatic N) is 3. The van der Waals surface area contributed by atoms with Crippen molar-refractivity contribution < 1.29 is 9.59 Å². The lowest BCUT2D eigenvalue weighted by atomic mass is 9.97. The van der Waals surface area contributed by atoms with Gasteiger partial charge in [-0.1, -0.05) is 0 Å². The van der Waals surface area contributed by atoms with Crippen molar-refractivity contribution in [1.29, 1.82) is 0 Å². The molecule has 2 N–H and O–H groups in total. The van der Waals surface area contributed by atoms with Gasteiger partial charge in [-0.05, 0) is 25.7 Å². The number of rotatable bonds is 3. The molecule has 0 bridgehead atoms. The van der Waals surface area contributed by atoms with Gasteiger partial charge in [0.2, 0.25) is 11.7 Å². The second-order valence-corrected chi connectivity index (χ2v) is 5.52. The zero-order chi connectivity index (χ0) is 14.1. The summed E-state index contributed by atoms with van der Waals surface area (Å²) < 4.78 is 0. The van der Waals surface area contributed by atoms with Gasteiger partial charge in [-0.25, -0.2) is 4.98 Å². The Bertz CT molecular complexity index is 523. The predicted molar refractivity (Wildman–Crippen MR) is 71.1 cm³/mol. The van der Waals surface area contributed by atoms with Crippen molar-refractivity contribution >= 4 is 11.8 Å². The molecule has 1 saturated heterocycles. The molecule has 1 atom stereocenters. The van der Waals surface area contributed by atoms with Gasteiger partial charge in [0.05, 0.1) is 5.92 Å². The molecule has 3 rings (SSSR count). The van der Waals surface area contributed by atoms with Crippen LogP contribution < -0.4 is 5.32 Å². The van der Waals surface area contributed by atoms with Gasteiger partial charge >= 0.3 is 0 Å². The second-order valence-electron chi connectivity index (χ2n) is 5.52. The standard InChI is InChI=1S/C13H19N5O2/c1-14-12(19)9-3-2-6-18(7-9)13(20)11-15-10(16-17-11)8-4-5-8/h8-9H,2-7H2,1H3,(H,14,19)(H,15,16,17). The van der Waals surface area contributed by atoms with Crippen molar-refractivity contribution in [3.63, 3.8) is 0 Å². The van der Waals surface area contributed by atoms with E-state index < -0.39 is 0 Å². The van der Waals surface area contributed by atoms with Gasteiger partial charge in [0.15, 0.2) is 0 Å². The molecule has 1 unspecified atom stereocenters. The summed E-state index contributed by atoms with van der Waals surface area (Å²) in [7, 11) is 1.63. The van der Waals surface area contributed by atoms with Gasteiger partial charge in [-0.15, -0.1) is 5.10 Å². The topological polar surface area (TPSA) is 91.0 Å². The van der Waals surface area contributed by atoms with Gasteiger partial charge in [-0.3, -0.25) is 14.7 Å². The van der Waals surface area contributed by atoms with E-state index in [4.69, 9.17) is 0 Å². The third-order valence-electron chi connectivity index (χ3n) is 3.98. The van der Waals surface area contributed by atoms with Gasteiger partial charge in [0.25, 0.3) is 5.91 Å². The summed E-state index contributed by atoms with van der Waals surface area (Å²) in [5.41, 5.74) is 0. The monoisotopic (exact) mass is 277 g/mol. The first-order chi connectivity index (χ1) is 9.69. The number of aromatic nitrogens is 3. The minimum Gasteiger partial charge on any atom is -0.359 e. The lowest BCUT2D eigenvalue weighted by Gasteiger charge is -2.30. The summed E-state index contributed by atoms with van der Waals surface area (Å²) in [6.45, 7) is 1.12. The SMILES string of the molecule is CNC(=O)C1CCCN(C(=O)c2n[nH]c(C3CC3)n2)C1. The van der Waals surface area contributed by atoms with E-state index in [0.717, 1.165) is 31.5 Å². The molecule has 1 saturated carbocycles. The highest BCUT2D eigenvalue weighted by Gasteiger charge is 2.32. The second kappa shape index (κ2) is 5.22. The summed E-state index contributed by atoms with van der Waals surface area (Å²) >= 11 is 0. The highest BCUT2D eigenvalue weighted by molar-refractivity contribution is 5.91. The molecule has 1 aromatic heterocycles. The molecule has 7 heteroatoms. The van der Waals surface area contributed by atoms with Crippen LogP contribution >= 0.6 is 0 Å². The van der Waals surface area contributed by atoms with Gasteiger partial charge in [0.1, 0.15) is 5.82 Å². The van der Waals surface area contributed by atoms with E-state index in [2.05, 4.69) is 20.5 Å². The molecule has 0 radical (unpaired) electrons. The van der Waals surface area contributed by atoms with E-state index in [1.54, 1.807) is 11.9 Å². The number of amides is 2. The molecule has 108 valence electrons. The van der Waals surface area contributed by atoms with E-state index in [9.17, 15) is 9.59 Å². The Hall–Kier alpha value is -1.92. The fourth-order valence-corrected chi connectivity index (χ4v) is 2.63. The number of aromatic amines is 1. The zero-order valence-corrected chi connectivity index (χ0v) is 11.6. The predicted octanol–water partition coefficient (Wildman–Crippen LogP) is 0.280. The quantitative estimate of drug-likeness (QED) is 0.830. The van der Waals surface area contributed by atoms with E-state index in [-0.39, 0.29) is 23.6 Å². The Morgan fingerprint density at radius 1 is 1.35 bits per heavy atom. The van der Waals surface area contributed by atoms with Crippen LogP contribution in [0.3, 0.4) is 0 Å². The smallest absolute Gasteiger partial charge is 0.293 e. The van der Waals surface area contributed by atoms with Crippen LogP contribution in [0.5, 0.6) is 0 Å². The zero-order valence-electron chi connectivity index (χ0n) is 11.6. The Balaban J connectivity index is 1.67. The van der Waals surface area contributed by atoms with Crippen LogP contribution in [0.15, 0.2) is 0 Å². The van der Waals surface area contributed by atoms with Crippen LogP contribution in [0.2, 0.25) is 0 Å². The number of hydrogen-bond donors (Lipinski definition) is 2. The van der Waals surface area contributed by atoms with Gasteiger partial charge in [-0.2, -0.15) is 0 Å². The number of likely N-dealkylation sites (tertiary alicyclic amines) is 1. The number of carbonyl (C=O) groups is 2. The van der Waals surface area contributed by atoms with Crippen LogP contribution in [0, 0.1) is 5.92 Å². The molecule has 0 aromatic carbocycles. The average molecular weight is 277 g/mol. The molecule has 2 amide bonds. The van der Waals surface area contributed by atoms with E-state index in [0.29, 0.717) is 19.0 Å². The molecule has 1 aliphatic carbocycles. The Labute approximate surface area is 117 Å². The highest BCUT2D eigenvalue weighted by atomic mass is 16.2. The molecule has 2 aliphatic rings. The van der Waals surface area contributed by atoms with E-state index in [1.165, 1.54) is 0 Å². The number of H-pyrrole nitrogens is 1. The molecular weight excluding hydrogens is 258 g/mol. The van der Waals surface area contributed by atoms with Crippen molar-refractivity contribution in [2.45, 2.75) is 31.6 Å². The van der Waals surface area contributed by atoms with Gasteiger partial charge in [0, 0.05) is 26.1 Å². The first-order valence-corrected chi connectivity index (χ1v) is 7.12. The molecular formula is C13H19N5O2. The van der Waals surface area contributed by atoms with Crippen LogP contribution in [-0.2, 0) is 4.79 Å². The fourth-order valence-electron chi connectivity index (χ4n) is 2.63. The first-order valence-electron chi connectivity index (χ1n) is 7.12. The van der Waals surface area contributed by atoms with Crippen molar-refractivity contribution in [2.75, 3.05) is 20.1 Å². The number of hydrogen-bond acceptors (Lipinski definition) is 4. The van der Waals surface area contributed by atoms with E-state index in [1.807, 2.05) is 0 Å². The Morgan fingerprint density at radius 3 is 2.85 bits per heavy atom. The summed E-state index contributed by atoms with van der Waals surface area (Å²) in [6, 6.07) is 0. The van der Waals surface area contributed by atoms with Crippen molar-refractivity contribution in [2.24, 2.45) is 5.92 Å². The maximum Gasteiger partial charge on any atom is 0.293 e. The summed E-state index contributed by atoms with van der Waals surface area (Å²) in [4.78, 5) is 30.0. The maximum absolute atomic E-state index is 12.4. The molecule has 0 spiro atoms. The van der Waals surface area contributed by atoms with Crippen molar-refractivity contribution in [3.05, 3.63) is 11.6 Å². The van der Waals surface area contributed by atoms with Crippen molar-refractivity contribution in [1.82, 2.24) is 25.4 Å². The third kappa shape index (κ3) is 2.52. The third-order valence-corrected chi connectivity index (χ3v) is 3.98. The number of nitrogens with one attached hydrogen (secondary N) is 2. The number of piperidine rings is 1. The molecule has 2 fully saturated rings. The largest absolute Gasteiger partial charge is 0.359 e. The van der Waals surface area contributed by atoms with Crippen LogP contribution in [-0.4, -0.2) is 52.0 Å². The summed E-state index contributed by atoms with van der Waals surface area (Å²) in [6.07, 6.45) is 3.89. The number of carbonyl (C=O) groups excluding carboxylic acids is 2. The maximum atomic E-state index is 12.4. The van der Waals surface area contributed by atoms with Crippen molar-refractivity contribution in [3.8, 4) is 0 Å². The fraction of sp³-hybridized carbons (Fsp3) is 0.692. The van der Waals surface area contributed by atoms with Crippen LogP contribution in [0.1, 0.15) is 48.0 Å². The average Bonchev–Trinajstić information content (AvgIpc) is 3.23. The first kappa shape index (κ1) is 13.1. The molecule has 2 heterocycles. The summed E-state index contributed by atoms with van der Waals surface area (Å²) in [5.74, 6) is 1.18. The van der Waals surface area contributed by atoms with E-state index >= 15 is 0 Å². The minimum atomic E-state index is -0.179. The van der Waals surface area contributed by atoms with Gasteiger partial charge < -0.3 is 10.2 Å².